The number of aryl methyl sites for hydroxylation is 1. The van der Waals surface area contributed by atoms with E-state index in [0.717, 1.165) is 32.1 Å². The standard InChI is InChI=1S/C16H25N5O2/c1-14(2,3)11-17-12(19-20(11)4)18-13(22)21-7-15-5-6-16(15,8-21)10-23-9-15/h5-10H2,1-4H3,(H,18,19,22). The van der Waals surface area contributed by atoms with E-state index >= 15 is 0 Å². The van der Waals surface area contributed by atoms with Crippen molar-refractivity contribution in [3.63, 3.8) is 0 Å². The summed E-state index contributed by atoms with van der Waals surface area (Å²) in [5.74, 6) is 1.25. The number of amides is 2. The molecule has 2 amide bonds. The zero-order chi connectivity index (χ0) is 16.5. The summed E-state index contributed by atoms with van der Waals surface area (Å²) in [6.07, 6.45) is 2.35. The molecule has 0 spiro atoms. The molecule has 3 fully saturated rings. The molecule has 0 aromatic carbocycles. The van der Waals surface area contributed by atoms with Crippen LogP contribution in [0.3, 0.4) is 0 Å². The molecule has 7 nitrogen and oxygen atoms in total. The van der Waals surface area contributed by atoms with Crippen molar-refractivity contribution in [3.8, 4) is 0 Å². The minimum atomic E-state index is -0.107. The Morgan fingerprint density at radius 3 is 2.30 bits per heavy atom. The van der Waals surface area contributed by atoms with Gasteiger partial charge in [-0.3, -0.25) is 10.00 Å². The van der Waals surface area contributed by atoms with Crippen molar-refractivity contribution in [1.82, 2.24) is 19.7 Å². The van der Waals surface area contributed by atoms with Crippen LogP contribution in [0, 0.1) is 10.8 Å². The maximum Gasteiger partial charge on any atom is 0.324 e. The Hall–Kier alpha value is -1.63. The number of hydrogen-bond donors (Lipinski definition) is 1. The van der Waals surface area contributed by atoms with Crippen LogP contribution in [0.15, 0.2) is 0 Å². The topological polar surface area (TPSA) is 72.3 Å². The lowest BCUT2D eigenvalue weighted by atomic mass is 9.53. The Balaban J connectivity index is 1.48. The number of carbonyl (C=O) groups is 1. The Bertz CT molecular complexity index is 644. The second-order valence-corrected chi connectivity index (χ2v) is 8.47. The SMILES string of the molecule is Cn1nc(NC(=O)N2CC34CCC3(COC4)C2)nc1C(C)(C)C. The van der Waals surface area contributed by atoms with E-state index < -0.39 is 0 Å². The number of hydrogen-bond acceptors (Lipinski definition) is 4. The van der Waals surface area contributed by atoms with Gasteiger partial charge in [-0.05, 0) is 12.8 Å². The number of aromatic nitrogens is 3. The van der Waals surface area contributed by atoms with Crippen molar-refractivity contribution < 1.29 is 9.53 Å². The molecule has 1 aliphatic carbocycles. The van der Waals surface area contributed by atoms with Gasteiger partial charge >= 0.3 is 6.03 Å². The van der Waals surface area contributed by atoms with Crippen LogP contribution in [-0.2, 0) is 17.2 Å². The summed E-state index contributed by atoms with van der Waals surface area (Å²) >= 11 is 0. The molecule has 7 heteroatoms. The fourth-order valence-electron chi connectivity index (χ4n) is 4.50. The van der Waals surface area contributed by atoms with Gasteiger partial charge in [0.05, 0.1) is 13.2 Å². The number of nitrogens with zero attached hydrogens (tertiary/aromatic N) is 4. The van der Waals surface area contributed by atoms with Crippen molar-refractivity contribution >= 4 is 12.0 Å². The highest BCUT2D eigenvalue weighted by atomic mass is 16.5. The summed E-state index contributed by atoms with van der Waals surface area (Å²) in [7, 11) is 1.86. The minimum Gasteiger partial charge on any atom is -0.380 e. The number of rotatable bonds is 1. The van der Waals surface area contributed by atoms with Gasteiger partial charge in [0, 0.05) is 36.4 Å². The Kier molecular flexibility index (Phi) is 2.90. The Morgan fingerprint density at radius 2 is 1.83 bits per heavy atom. The van der Waals surface area contributed by atoms with Crippen LogP contribution in [0.25, 0.3) is 0 Å². The largest absolute Gasteiger partial charge is 0.380 e. The molecule has 2 unspecified atom stereocenters. The van der Waals surface area contributed by atoms with Gasteiger partial charge < -0.3 is 9.64 Å². The molecule has 1 saturated carbocycles. The van der Waals surface area contributed by atoms with Gasteiger partial charge in [0.1, 0.15) is 5.82 Å². The molecule has 3 heterocycles. The molecule has 1 N–H and O–H groups in total. The average Bonchev–Trinajstić information content (AvgIpc) is 2.95. The zero-order valence-electron chi connectivity index (χ0n) is 14.3. The van der Waals surface area contributed by atoms with Gasteiger partial charge in [-0.2, -0.15) is 4.98 Å². The first kappa shape index (κ1) is 14.9. The van der Waals surface area contributed by atoms with Crippen LogP contribution in [0.5, 0.6) is 0 Å². The summed E-state index contributed by atoms with van der Waals surface area (Å²) < 4.78 is 7.44. The quantitative estimate of drug-likeness (QED) is 0.856. The number of ether oxygens (including phenoxy) is 1. The molecule has 2 saturated heterocycles. The van der Waals surface area contributed by atoms with Gasteiger partial charge in [0.2, 0.25) is 5.95 Å². The zero-order valence-corrected chi connectivity index (χ0v) is 14.3. The normalized spacial score (nSPS) is 32.4. The summed E-state index contributed by atoms with van der Waals surface area (Å²) in [5.41, 5.74) is 0.306. The smallest absolute Gasteiger partial charge is 0.324 e. The number of carbonyl (C=O) groups excluding carboxylic acids is 1. The van der Waals surface area contributed by atoms with Gasteiger partial charge in [0.15, 0.2) is 0 Å². The van der Waals surface area contributed by atoms with E-state index in [1.807, 2.05) is 11.9 Å². The highest BCUT2D eigenvalue weighted by molar-refractivity contribution is 5.87. The van der Waals surface area contributed by atoms with Crippen molar-refractivity contribution in [2.24, 2.45) is 17.9 Å². The molecule has 3 aliphatic rings. The van der Waals surface area contributed by atoms with E-state index in [1.54, 1.807) is 4.68 Å². The van der Waals surface area contributed by atoms with Crippen molar-refractivity contribution in [3.05, 3.63) is 5.82 Å². The fourth-order valence-corrected chi connectivity index (χ4v) is 4.50. The summed E-state index contributed by atoms with van der Waals surface area (Å²) in [6, 6.07) is -0.0916. The van der Waals surface area contributed by atoms with Gasteiger partial charge in [-0.15, -0.1) is 5.10 Å². The Morgan fingerprint density at radius 1 is 1.22 bits per heavy atom. The molecule has 4 rings (SSSR count). The van der Waals surface area contributed by atoms with E-state index in [2.05, 4.69) is 36.2 Å². The predicted molar refractivity (Wildman–Crippen MR) is 85.2 cm³/mol. The predicted octanol–water partition coefficient (Wildman–Crippen LogP) is 1.76. The Labute approximate surface area is 136 Å². The number of nitrogens with one attached hydrogen (secondary N) is 1. The second kappa shape index (κ2) is 4.47. The van der Waals surface area contributed by atoms with Crippen LogP contribution >= 0.6 is 0 Å². The van der Waals surface area contributed by atoms with E-state index in [9.17, 15) is 4.79 Å². The lowest BCUT2D eigenvalue weighted by Gasteiger charge is -2.47. The van der Waals surface area contributed by atoms with Crippen LogP contribution in [-0.4, -0.2) is 52.0 Å². The van der Waals surface area contributed by atoms with Gasteiger partial charge in [-0.25, -0.2) is 4.79 Å². The van der Waals surface area contributed by atoms with E-state index in [4.69, 9.17) is 4.74 Å². The molecule has 1 aromatic heterocycles. The summed E-state index contributed by atoms with van der Waals surface area (Å²) in [4.78, 5) is 19.0. The molecule has 0 radical (unpaired) electrons. The third-order valence-electron chi connectivity index (χ3n) is 5.89. The monoisotopic (exact) mass is 319 g/mol. The highest BCUT2D eigenvalue weighted by Crippen LogP contribution is 2.64. The molecule has 2 aliphatic heterocycles. The minimum absolute atomic E-state index is 0.0916. The highest BCUT2D eigenvalue weighted by Gasteiger charge is 2.68. The molecule has 0 bridgehead atoms. The molecule has 1 aromatic rings. The third kappa shape index (κ3) is 2.02. The fraction of sp³-hybridized carbons (Fsp3) is 0.812. The van der Waals surface area contributed by atoms with E-state index in [-0.39, 0.29) is 22.3 Å². The van der Waals surface area contributed by atoms with Crippen molar-refractivity contribution in [1.29, 1.82) is 0 Å². The molecule has 2 atom stereocenters. The first-order chi connectivity index (χ1) is 10.7. The third-order valence-corrected chi connectivity index (χ3v) is 5.89. The number of anilines is 1. The van der Waals surface area contributed by atoms with Crippen LogP contribution in [0.2, 0.25) is 0 Å². The maximum absolute atomic E-state index is 12.6. The van der Waals surface area contributed by atoms with E-state index in [0.29, 0.717) is 5.95 Å². The van der Waals surface area contributed by atoms with Crippen molar-refractivity contribution in [2.75, 3.05) is 31.6 Å². The van der Waals surface area contributed by atoms with Crippen LogP contribution in [0.4, 0.5) is 10.7 Å². The lowest BCUT2D eigenvalue weighted by molar-refractivity contribution is 0.0255. The first-order valence-electron chi connectivity index (χ1n) is 8.30. The van der Waals surface area contributed by atoms with Crippen LogP contribution < -0.4 is 5.32 Å². The number of likely N-dealkylation sites (tertiary alicyclic amines) is 1. The number of urea groups is 1. The summed E-state index contributed by atoms with van der Waals surface area (Å²) in [6.45, 7) is 9.43. The average molecular weight is 319 g/mol. The lowest BCUT2D eigenvalue weighted by Crippen LogP contribution is -2.49. The summed E-state index contributed by atoms with van der Waals surface area (Å²) in [5, 5.41) is 7.21. The van der Waals surface area contributed by atoms with E-state index in [1.165, 1.54) is 12.8 Å². The first-order valence-corrected chi connectivity index (χ1v) is 8.30. The molecule has 23 heavy (non-hydrogen) atoms. The van der Waals surface area contributed by atoms with Crippen molar-refractivity contribution in [2.45, 2.75) is 39.0 Å². The van der Waals surface area contributed by atoms with Gasteiger partial charge in [-0.1, -0.05) is 20.8 Å². The molecule has 126 valence electrons. The molecular formula is C16H25N5O2. The van der Waals surface area contributed by atoms with Gasteiger partial charge in [0.25, 0.3) is 0 Å². The van der Waals surface area contributed by atoms with Crippen LogP contribution in [0.1, 0.15) is 39.4 Å². The second-order valence-electron chi connectivity index (χ2n) is 8.47. The molecular weight excluding hydrogens is 294 g/mol. The maximum atomic E-state index is 12.6.